The largest absolute Gasteiger partial charge is 0.494 e. The maximum atomic E-state index is 14.1. The highest BCUT2D eigenvalue weighted by atomic mass is 35.5. The highest BCUT2D eigenvalue weighted by Gasteiger charge is 2.17. The van der Waals surface area contributed by atoms with Crippen LogP contribution in [0.4, 0.5) is 4.39 Å². The minimum atomic E-state index is -0.318. The van der Waals surface area contributed by atoms with Crippen LogP contribution in [0.1, 0.15) is 30.5 Å². The first-order valence-corrected chi connectivity index (χ1v) is 7.38. The number of rotatable bonds is 6. The van der Waals surface area contributed by atoms with Gasteiger partial charge in [-0.25, -0.2) is 4.39 Å². The van der Waals surface area contributed by atoms with Gasteiger partial charge in [0.15, 0.2) is 0 Å². The van der Waals surface area contributed by atoms with Crippen molar-refractivity contribution in [1.82, 2.24) is 5.32 Å². The molecular formula is C17H19ClFNO. The maximum Gasteiger partial charge on any atom is 0.129 e. The first kappa shape index (κ1) is 15.8. The first-order valence-electron chi connectivity index (χ1n) is 7.00. The molecule has 112 valence electrons. The molecule has 0 fully saturated rings. The lowest BCUT2D eigenvalue weighted by Crippen LogP contribution is -2.19. The predicted molar refractivity (Wildman–Crippen MR) is 84.5 cm³/mol. The van der Waals surface area contributed by atoms with Crippen LogP contribution >= 0.6 is 11.6 Å². The second kappa shape index (κ2) is 7.43. The molecule has 0 saturated heterocycles. The molecule has 0 heterocycles. The SMILES string of the molecule is CCCOc1cccc(C(NC)c2ccc(Cl)cc2F)c1. The molecule has 0 aliphatic rings. The summed E-state index contributed by atoms with van der Waals surface area (Å²) >= 11 is 5.81. The molecule has 0 bridgehead atoms. The van der Waals surface area contributed by atoms with E-state index in [1.54, 1.807) is 19.2 Å². The zero-order chi connectivity index (χ0) is 15.2. The van der Waals surface area contributed by atoms with Gasteiger partial charge in [-0.3, -0.25) is 0 Å². The van der Waals surface area contributed by atoms with E-state index in [1.165, 1.54) is 6.07 Å². The van der Waals surface area contributed by atoms with Crippen LogP contribution in [-0.2, 0) is 0 Å². The van der Waals surface area contributed by atoms with Gasteiger partial charge in [0.2, 0.25) is 0 Å². The quantitative estimate of drug-likeness (QED) is 0.843. The zero-order valence-corrected chi connectivity index (χ0v) is 13.0. The van der Waals surface area contributed by atoms with Crippen LogP contribution in [0.3, 0.4) is 0 Å². The monoisotopic (exact) mass is 307 g/mol. The molecule has 2 rings (SSSR count). The summed E-state index contributed by atoms with van der Waals surface area (Å²) in [5.74, 6) is 0.478. The van der Waals surface area contributed by atoms with Crippen molar-refractivity contribution >= 4 is 11.6 Å². The van der Waals surface area contributed by atoms with Gasteiger partial charge < -0.3 is 10.1 Å². The van der Waals surface area contributed by atoms with Gasteiger partial charge in [-0.2, -0.15) is 0 Å². The first-order chi connectivity index (χ1) is 10.2. The van der Waals surface area contributed by atoms with Crippen LogP contribution in [0.25, 0.3) is 0 Å². The fraction of sp³-hybridized carbons (Fsp3) is 0.294. The second-order valence-corrected chi connectivity index (χ2v) is 5.24. The van der Waals surface area contributed by atoms with Crippen LogP contribution in [-0.4, -0.2) is 13.7 Å². The molecule has 0 radical (unpaired) electrons. The molecule has 1 atom stereocenters. The Hall–Kier alpha value is -1.58. The summed E-state index contributed by atoms with van der Waals surface area (Å²) in [5.41, 5.74) is 1.52. The maximum absolute atomic E-state index is 14.1. The fourth-order valence-corrected chi connectivity index (χ4v) is 2.40. The lowest BCUT2D eigenvalue weighted by molar-refractivity contribution is 0.317. The van der Waals surface area contributed by atoms with Gasteiger partial charge in [0, 0.05) is 10.6 Å². The van der Waals surface area contributed by atoms with E-state index in [2.05, 4.69) is 12.2 Å². The van der Waals surface area contributed by atoms with Crippen LogP contribution in [0.5, 0.6) is 5.75 Å². The Bertz CT molecular complexity index is 603. The van der Waals surface area contributed by atoms with Crippen molar-refractivity contribution in [2.24, 2.45) is 0 Å². The standard InChI is InChI=1S/C17H19ClFNO/c1-3-9-21-14-6-4-5-12(10-14)17(20-2)15-8-7-13(18)11-16(15)19/h4-8,10-11,17,20H,3,9H2,1-2H3. The third kappa shape index (κ3) is 3.96. The molecule has 2 nitrogen and oxygen atoms in total. The van der Waals surface area contributed by atoms with E-state index in [-0.39, 0.29) is 11.9 Å². The molecule has 0 saturated carbocycles. The summed E-state index contributed by atoms with van der Waals surface area (Å²) in [6, 6.07) is 12.2. The molecule has 0 aliphatic heterocycles. The van der Waals surface area contributed by atoms with Gasteiger partial charge in [-0.05, 0) is 43.3 Å². The number of ether oxygens (including phenoxy) is 1. The molecule has 1 N–H and O–H groups in total. The van der Waals surface area contributed by atoms with Gasteiger partial charge in [-0.15, -0.1) is 0 Å². The van der Waals surface area contributed by atoms with E-state index in [0.717, 1.165) is 17.7 Å². The molecular weight excluding hydrogens is 289 g/mol. The third-order valence-electron chi connectivity index (χ3n) is 3.23. The summed E-state index contributed by atoms with van der Waals surface area (Å²) in [5, 5.41) is 3.53. The highest BCUT2D eigenvalue weighted by molar-refractivity contribution is 6.30. The van der Waals surface area contributed by atoms with Crippen molar-refractivity contribution in [3.05, 3.63) is 64.4 Å². The molecule has 4 heteroatoms. The molecule has 0 aromatic heterocycles. The summed E-state index contributed by atoms with van der Waals surface area (Å²) in [4.78, 5) is 0. The normalized spacial score (nSPS) is 12.2. The zero-order valence-electron chi connectivity index (χ0n) is 12.2. The molecule has 0 aliphatic carbocycles. The smallest absolute Gasteiger partial charge is 0.129 e. The number of hydrogen-bond acceptors (Lipinski definition) is 2. The minimum Gasteiger partial charge on any atom is -0.494 e. The number of hydrogen-bond donors (Lipinski definition) is 1. The predicted octanol–water partition coefficient (Wildman–Crippen LogP) is 4.58. The number of halogens is 2. The average Bonchev–Trinajstić information content (AvgIpc) is 2.48. The summed E-state index contributed by atoms with van der Waals surface area (Å²) in [6.45, 7) is 2.73. The summed E-state index contributed by atoms with van der Waals surface area (Å²) in [6.07, 6.45) is 0.950. The van der Waals surface area contributed by atoms with E-state index in [9.17, 15) is 4.39 Å². The van der Waals surface area contributed by atoms with Crippen LogP contribution in [0.15, 0.2) is 42.5 Å². The number of benzene rings is 2. The van der Waals surface area contributed by atoms with Gasteiger partial charge >= 0.3 is 0 Å². The Morgan fingerprint density at radius 1 is 1.24 bits per heavy atom. The van der Waals surface area contributed by atoms with Crippen molar-refractivity contribution in [3.8, 4) is 5.75 Å². The van der Waals surface area contributed by atoms with Gasteiger partial charge in [-0.1, -0.05) is 36.7 Å². The molecule has 0 amide bonds. The van der Waals surface area contributed by atoms with Gasteiger partial charge in [0.1, 0.15) is 11.6 Å². The molecule has 1 unspecified atom stereocenters. The van der Waals surface area contributed by atoms with E-state index in [0.29, 0.717) is 17.2 Å². The fourth-order valence-electron chi connectivity index (χ4n) is 2.24. The van der Waals surface area contributed by atoms with Crippen LogP contribution in [0, 0.1) is 5.82 Å². The number of nitrogens with one attached hydrogen (secondary N) is 1. The minimum absolute atomic E-state index is 0.243. The van der Waals surface area contributed by atoms with Gasteiger partial charge in [0.05, 0.1) is 12.6 Å². The van der Waals surface area contributed by atoms with Crippen LogP contribution in [0.2, 0.25) is 5.02 Å². The van der Waals surface area contributed by atoms with Gasteiger partial charge in [0.25, 0.3) is 0 Å². The van der Waals surface area contributed by atoms with E-state index < -0.39 is 0 Å². The van der Waals surface area contributed by atoms with Crippen molar-refractivity contribution in [3.63, 3.8) is 0 Å². The topological polar surface area (TPSA) is 21.3 Å². The molecule has 21 heavy (non-hydrogen) atoms. The van der Waals surface area contributed by atoms with Crippen LogP contribution < -0.4 is 10.1 Å². The Morgan fingerprint density at radius 3 is 2.71 bits per heavy atom. The molecule has 2 aromatic rings. The third-order valence-corrected chi connectivity index (χ3v) is 3.46. The Morgan fingerprint density at radius 2 is 2.05 bits per heavy atom. The van der Waals surface area contributed by atoms with Crippen molar-refractivity contribution < 1.29 is 9.13 Å². The summed E-state index contributed by atoms with van der Waals surface area (Å²) < 4.78 is 19.8. The summed E-state index contributed by atoms with van der Waals surface area (Å²) in [7, 11) is 1.80. The van der Waals surface area contributed by atoms with E-state index >= 15 is 0 Å². The lowest BCUT2D eigenvalue weighted by Gasteiger charge is -2.19. The molecule has 0 spiro atoms. The average molecular weight is 308 g/mol. The Kier molecular flexibility index (Phi) is 5.59. The second-order valence-electron chi connectivity index (χ2n) is 4.81. The molecule has 2 aromatic carbocycles. The van der Waals surface area contributed by atoms with Crippen molar-refractivity contribution in [1.29, 1.82) is 0 Å². The van der Waals surface area contributed by atoms with Crippen molar-refractivity contribution in [2.75, 3.05) is 13.7 Å². The van der Waals surface area contributed by atoms with Crippen molar-refractivity contribution in [2.45, 2.75) is 19.4 Å². The van der Waals surface area contributed by atoms with E-state index in [4.69, 9.17) is 16.3 Å². The Balaban J connectivity index is 2.32. The highest BCUT2D eigenvalue weighted by Crippen LogP contribution is 2.28. The van der Waals surface area contributed by atoms with E-state index in [1.807, 2.05) is 24.3 Å². The Labute approximate surface area is 129 Å². The lowest BCUT2D eigenvalue weighted by atomic mass is 9.98.